The number of rotatable bonds is 4. The lowest BCUT2D eigenvalue weighted by Gasteiger charge is -2.35. The van der Waals surface area contributed by atoms with E-state index in [1.165, 1.54) is 13.4 Å². The van der Waals surface area contributed by atoms with Crippen molar-refractivity contribution in [2.24, 2.45) is 10.9 Å². The lowest BCUT2D eigenvalue weighted by atomic mass is 9.87. The first kappa shape index (κ1) is 16.2. The molecule has 3 rings (SSSR count). The van der Waals surface area contributed by atoms with Gasteiger partial charge in [-0.3, -0.25) is 4.98 Å². The summed E-state index contributed by atoms with van der Waals surface area (Å²) in [6, 6.07) is 7.14. The highest BCUT2D eigenvalue weighted by molar-refractivity contribution is 5.94. The predicted molar refractivity (Wildman–Crippen MR) is 87.5 cm³/mol. The minimum atomic E-state index is -1.29. The number of esters is 1. The highest BCUT2D eigenvalue weighted by atomic mass is 16.6. The second kappa shape index (κ2) is 6.47. The molecule has 0 N–H and O–H groups in total. The van der Waals surface area contributed by atoms with Gasteiger partial charge in [0.2, 0.25) is 11.4 Å². The third-order valence-electron chi connectivity index (χ3n) is 4.07. The van der Waals surface area contributed by atoms with Crippen molar-refractivity contribution in [3.05, 3.63) is 54.2 Å². The van der Waals surface area contributed by atoms with Crippen molar-refractivity contribution in [1.82, 2.24) is 4.98 Å². The van der Waals surface area contributed by atoms with Crippen molar-refractivity contribution in [3.8, 4) is 0 Å². The number of furan rings is 1. The van der Waals surface area contributed by atoms with Crippen molar-refractivity contribution in [2.75, 3.05) is 7.11 Å². The average Bonchev–Trinajstić information content (AvgIpc) is 3.12. The molecule has 24 heavy (non-hydrogen) atoms. The number of carbonyl (C=O) groups is 1. The number of hydrogen-bond acceptors (Lipinski definition) is 6. The minimum Gasteiger partial charge on any atom is -0.482 e. The summed E-state index contributed by atoms with van der Waals surface area (Å²) in [5, 5.41) is 0. The molecule has 0 radical (unpaired) electrons. The predicted octanol–water partition coefficient (Wildman–Crippen LogP) is 2.74. The summed E-state index contributed by atoms with van der Waals surface area (Å²) in [5.74, 6) is 0.452. The smallest absolute Gasteiger partial charge is 0.343 e. The number of methoxy groups -OCH3 is 1. The van der Waals surface area contributed by atoms with Crippen LogP contribution in [0.4, 0.5) is 0 Å². The van der Waals surface area contributed by atoms with E-state index in [0.717, 1.165) is 5.56 Å². The van der Waals surface area contributed by atoms with Gasteiger partial charge >= 0.3 is 5.97 Å². The molecular formula is C18H20N2O4. The quantitative estimate of drug-likeness (QED) is 0.807. The van der Waals surface area contributed by atoms with Crippen LogP contribution < -0.4 is 0 Å². The van der Waals surface area contributed by atoms with Gasteiger partial charge in [0.05, 0.1) is 13.4 Å². The Morgan fingerprint density at radius 3 is 2.62 bits per heavy atom. The van der Waals surface area contributed by atoms with Crippen molar-refractivity contribution in [2.45, 2.75) is 31.9 Å². The Morgan fingerprint density at radius 1 is 1.29 bits per heavy atom. The molecule has 0 saturated heterocycles. The molecule has 2 aromatic heterocycles. The number of cyclic esters (lactones) is 1. The Hall–Kier alpha value is -2.63. The van der Waals surface area contributed by atoms with Crippen LogP contribution in [-0.2, 0) is 26.2 Å². The normalized spacial score (nSPS) is 23.8. The summed E-state index contributed by atoms with van der Waals surface area (Å²) in [7, 11) is 1.53. The standard InChI is InChI=1S/C18H20N2O4/c1-12(2)15-16(22-3)20-18(17(21)24-15,14-5-4-10-23-14)11-13-6-8-19-9-7-13/h4-10,12,15H,11H2,1-3H3/t15-,18+/m0/s1. The van der Waals surface area contributed by atoms with Crippen molar-refractivity contribution in [1.29, 1.82) is 0 Å². The third kappa shape index (κ3) is 2.79. The van der Waals surface area contributed by atoms with E-state index in [-0.39, 0.29) is 5.92 Å². The number of hydrogen-bond donors (Lipinski definition) is 0. The lowest BCUT2D eigenvalue weighted by molar-refractivity contribution is -0.158. The molecule has 6 nitrogen and oxygen atoms in total. The SMILES string of the molecule is COC1=N[C@](Cc2ccncc2)(c2ccco2)C(=O)O[C@H]1C(C)C. The van der Waals surface area contributed by atoms with Gasteiger partial charge in [-0.1, -0.05) is 13.8 Å². The van der Waals surface area contributed by atoms with E-state index in [2.05, 4.69) is 9.98 Å². The zero-order valence-electron chi connectivity index (χ0n) is 13.9. The molecule has 0 spiro atoms. The van der Waals surface area contributed by atoms with E-state index in [0.29, 0.717) is 18.1 Å². The highest BCUT2D eigenvalue weighted by Gasteiger charge is 2.51. The first-order valence-corrected chi connectivity index (χ1v) is 7.84. The molecular weight excluding hydrogens is 308 g/mol. The maximum absolute atomic E-state index is 12.9. The molecule has 0 aliphatic carbocycles. The molecule has 1 aliphatic heterocycles. The largest absolute Gasteiger partial charge is 0.482 e. The lowest BCUT2D eigenvalue weighted by Crippen LogP contribution is -2.49. The number of pyridine rings is 1. The van der Waals surface area contributed by atoms with Crippen LogP contribution in [0.1, 0.15) is 25.2 Å². The van der Waals surface area contributed by atoms with Gasteiger partial charge in [0, 0.05) is 18.8 Å². The number of nitrogens with zero attached hydrogens (tertiary/aromatic N) is 2. The van der Waals surface area contributed by atoms with Crippen molar-refractivity contribution in [3.63, 3.8) is 0 Å². The Labute approximate surface area is 140 Å². The Bertz CT molecular complexity index is 725. The van der Waals surface area contributed by atoms with Crippen molar-refractivity contribution >= 4 is 11.9 Å². The van der Waals surface area contributed by atoms with Crippen LogP contribution in [0, 0.1) is 5.92 Å². The van der Waals surface area contributed by atoms with Gasteiger partial charge in [0.15, 0.2) is 6.10 Å². The molecule has 0 aromatic carbocycles. The second-order valence-electron chi connectivity index (χ2n) is 6.09. The van der Waals surface area contributed by atoms with Gasteiger partial charge in [0.1, 0.15) is 5.76 Å². The van der Waals surface area contributed by atoms with Crippen LogP contribution in [0.2, 0.25) is 0 Å². The monoisotopic (exact) mass is 328 g/mol. The third-order valence-corrected chi connectivity index (χ3v) is 4.07. The highest BCUT2D eigenvalue weighted by Crippen LogP contribution is 2.37. The van der Waals surface area contributed by atoms with E-state index in [1.807, 2.05) is 26.0 Å². The van der Waals surface area contributed by atoms with Gasteiger partial charge in [-0.05, 0) is 35.7 Å². The fraction of sp³-hybridized carbons (Fsp3) is 0.389. The maximum Gasteiger partial charge on any atom is 0.343 e. The van der Waals surface area contributed by atoms with Crippen LogP contribution in [0.25, 0.3) is 0 Å². The molecule has 2 atom stereocenters. The van der Waals surface area contributed by atoms with Crippen LogP contribution in [0.15, 0.2) is 52.3 Å². The van der Waals surface area contributed by atoms with Gasteiger partial charge in [-0.15, -0.1) is 0 Å². The molecule has 126 valence electrons. The molecule has 0 saturated carbocycles. The van der Waals surface area contributed by atoms with Crippen LogP contribution in [0.3, 0.4) is 0 Å². The van der Waals surface area contributed by atoms with Gasteiger partial charge < -0.3 is 13.9 Å². The summed E-state index contributed by atoms with van der Waals surface area (Å²) in [4.78, 5) is 21.6. The van der Waals surface area contributed by atoms with E-state index >= 15 is 0 Å². The topological polar surface area (TPSA) is 73.9 Å². The minimum absolute atomic E-state index is 0.0585. The average molecular weight is 328 g/mol. The zero-order valence-corrected chi connectivity index (χ0v) is 13.9. The summed E-state index contributed by atoms with van der Waals surface area (Å²) in [6.07, 6.45) is 4.68. The molecule has 6 heteroatoms. The fourth-order valence-corrected chi connectivity index (χ4v) is 2.81. The van der Waals surface area contributed by atoms with Crippen LogP contribution >= 0.6 is 0 Å². The molecule has 1 aliphatic rings. The summed E-state index contributed by atoms with van der Waals surface area (Å²) in [5.41, 5.74) is -0.387. The Balaban J connectivity index is 2.11. The van der Waals surface area contributed by atoms with Crippen LogP contribution in [0.5, 0.6) is 0 Å². The first-order valence-electron chi connectivity index (χ1n) is 7.84. The van der Waals surface area contributed by atoms with E-state index in [1.54, 1.807) is 24.5 Å². The molecule has 2 aromatic rings. The van der Waals surface area contributed by atoms with E-state index < -0.39 is 17.6 Å². The summed E-state index contributed by atoms with van der Waals surface area (Å²) >= 11 is 0. The Morgan fingerprint density at radius 2 is 2.04 bits per heavy atom. The molecule has 0 unspecified atom stereocenters. The molecule has 0 amide bonds. The number of ether oxygens (including phenoxy) is 2. The molecule has 3 heterocycles. The Kier molecular flexibility index (Phi) is 4.38. The molecule has 0 bridgehead atoms. The summed E-state index contributed by atoms with van der Waals surface area (Å²) in [6.45, 7) is 3.91. The van der Waals surface area contributed by atoms with Crippen LogP contribution in [-0.4, -0.2) is 30.1 Å². The number of aromatic nitrogens is 1. The first-order chi connectivity index (χ1) is 11.6. The van der Waals surface area contributed by atoms with E-state index in [4.69, 9.17) is 13.9 Å². The van der Waals surface area contributed by atoms with E-state index in [9.17, 15) is 4.79 Å². The zero-order chi connectivity index (χ0) is 17.2. The maximum atomic E-state index is 12.9. The van der Waals surface area contributed by atoms with Crippen molar-refractivity contribution < 1.29 is 18.7 Å². The summed E-state index contributed by atoms with van der Waals surface area (Å²) < 4.78 is 16.6. The molecule has 0 fully saturated rings. The number of aliphatic imine (C=N–C) groups is 1. The van der Waals surface area contributed by atoms with Gasteiger partial charge in [-0.25, -0.2) is 9.79 Å². The second-order valence-corrected chi connectivity index (χ2v) is 6.09. The fourth-order valence-electron chi connectivity index (χ4n) is 2.81. The van der Waals surface area contributed by atoms with Gasteiger partial charge in [-0.2, -0.15) is 0 Å². The number of carbonyl (C=O) groups excluding carboxylic acids is 1. The van der Waals surface area contributed by atoms with Gasteiger partial charge in [0.25, 0.3) is 0 Å².